The lowest BCUT2D eigenvalue weighted by molar-refractivity contribution is -0.136. The molecule has 1 fully saturated rings. The van der Waals surface area contributed by atoms with Crippen molar-refractivity contribution in [3.05, 3.63) is 33.8 Å². The van der Waals surface area contributed by atoms with Gasteiger partial charge in [0.25, 0.3) is 0 Å². The van der Waals surface area contributed by atoms with E-state index in [2.05, 4.69) is 5.32 Å². The highest BCUT2D eigenvalue weighted by molar-refractivity contribution is 6.35. The maximum absolute atomic E-state index is 12.5. The van der Waals surface area contributed by atoms with Crippen LogP contribution in [0.3, 0.4) is 0 Å². The van der Waals surface area contributed by atoms with Crippen molar-refractivity contribution in [3.63, 3.8) is 0 Å². The minimum atomic E-state index is -0.0609. The molecule has 1 aromatic rings. The van der Waals surface area contributed by atoms with Crippen LogP contribution in [0.4, 0.5) is 0 Å². The third-order valence-corrected chi connectivity index (χ3v) is 4.55. The molecule has 1 aliphatic heterocycles. The summed E-state index contributed by atoms with van der Waals surface area (Å²) in [6, 6.07) is 5.35. The third-order valence-electron chi connectivity index (χ3n) is 3.99. The molecule has 1 heterocycles. The van der Waals surface area contributed by atoms with Crippen LogP contribution in [0.15, 0.2) is 18.2 Å². The molecule has 0 radical (unpaired) electrons. The maximum atomic E-state index is 12.5. The third kappa shape index (κ3) is 4.49. The smallest absolute Gasteiger partial charge is 0.227 e. The molecule has 0 saturated carbocycles. The average molecular weight is 352 g/mol. The van der Waals surface area contributed by atoms with Crippen LogP contribution in [0.2, 0.25) is 10.0 Å². The van der Waals surface area contributed by atoms with Gasteiger partial charge < -0.3 is 10.2 Å². The Balaban J connectivity index is 0.00000220. The first kappa shape index (κ1) is 18.6. The van der Waals surface area contributed by atoms with Crippen LogP contribution in [-0.2, 0) is 4.79 Å². The van der Waals surface area contributed by atoms with Crippen LogP contribution in [0, 0.1) is 5.92 Å². The Bertz CT molecular complexity index is 490. The van der Waals surface area contributed by atoms with E-state index in [1.807, 2.05) is 20.0 Å². The number of hydrogen-bond acceptors (Lipinski definition) is 2. The highest BCUT2D eigenvalue weighted by atomic mass is 35.5. The highest BCUT2D eigenvalue weighted by Gasteiger charge is 2.27. The molecule has 0 aromatic heterocycles. The maximum Gasteiger partial charge on any atom is 0.227 e. The zero-order chi connectivity index (χ0) is 14.7. The van der Waals surface area contributed by atoms with E-state index in [4.69, 9.17) is 23.2 Å². The van der Waals surface area contributed by atoms with Crippen molar-refractivity contribution < 1.29 is 4.79 Å². The van der Waals surface area contributed by atoms with Crippen LogP contribution in [0.1, 0.15) is 31.4 Å². The Morgan fingerprint density at radius 2 is 2.14 bits per heavy atom. The normalized spacial score (nSPS) is 19.5. The average Bonchev–Trinajstić information content (AvgIpc) is 2.46. The Labute approximate surface area is 142 Å². The fourth-order valence-electron chi connectivity index (χ4n) is 2.59. The lowest BCUT2D eigenvalue weighted by atomic mass is 9.97. The number of nitrogens with one attached hydrogen (secondary N) is 1. The first-order valence-corrected chi connectivity index (χ1v) is 7.68. The van der Waals surface area contributed by atoms with E-state index < -0.39 is 0 Å². The van der Waals surface area contributed by atoms with Crippen molar-refractivity contribution in [1.82, 2.24) is 10.2 Å². The van der Waals surface area contributed by atoms with Gasteiger partial charge in [0, 0.05) is 23.6 Å². The van der Waals surface area contributed by atoms with E-state index in [1.54, 1.807) is 17.0 Å². The molecule has 0 bridgehead atoms. The molecule has 21 heavy (non-hydrogen) atoms. The number of nitrogens with zero attached hydrogens (tertiary/aromatic N) is 1. The molecule has 0 spiro atoms. The molecule has 1 aromatic carbocycles. The summed E-state index contributed by atoms with van der Waals surface area (Å²) >= 11 is 12.1. The summed E-state index contributed by atoms with van der Waals surface area (Å²) in [6.07, 6.45) is 2.01. The Morgan fingerprint density at radius 1 is 1.43 bits per heavy atom. The van der Waals surface area contributed by atoms with Crippen molar-refractivity contribution in [2.45, 2.75) is 25.8 Å². The fourth-order valence-corrected chi connectivity index (χ4v) is 3.16. The van der Waals surface area contributed by atoms with Crippen LogP contribution in [0.5, 0.6) is 0 Å². The predicted molar refractivity (Wildman–Crippen MR) is 90.5 cm³/mol. The lowest BCUT2D eigenvalue weighted by Crippen LogP contribution is -2.42. The standard InChI is InChI=1S/C15H20Cl2N2O.ClH/c1-10(13-6-5-12(16)8-14(13)17)19(2)15(20)11-4-3-7-18-9-11;/h5-6,8,10-11,18H,3-4,7,9H2,1-2H3;1H. The lowest BCUT2D eigenvalue weighted by Gasteiger charge is -2.31. The van der Waals surface area contributed by atoms with Gasteiger partial charge in [0.2, 0.25) is 5.91 Å². The first-order valence-electron chi connectivity index (χ1n) is 6.93. The van der Waals surface area contributed by atoms with E-state index in [0.717, 1.165) is 31.5 Å². The van der Waals surface area contributed by atoms with Gasteiger partial charge in [-0.3, -0.25) is 4.79 Å². The monoisotopic (exact) mass is 350 g/mol. The van der Waals surface area contributed by atoms with Crippen LogP contribution >= 0.6 is 35.6 Å². The number of hydrogen-bond donors (Lipinski definition) is 1. The molecule has 0 aliphatic carbocycles. The summed E-state index contributed by atoms with van der Waals surface area (Å²) in [7, 11) is 1.84. The van der Waals surface area contributed by atoms with E-state index in [0.29, 0.717) is 10.0 Å². The molecule has 2 atom stereocenters. The summed E-state index contributed by atoms with van der Waals surface area (Å²) in [5.41, 5.74) is 0.927. The van der Waals surface area contributed by atoms with E-state index >= 15 is 0 Å². The largest absolute Gasteiger partial charge is 0.339 e. The van der Waals surface area contributed by atoms with E-state index in [9.17, 15) is 4.79 Å². The number of amides is 1. The molecular weight excluding hydrogens is 331 g/mol. The van der Waals surface area contributed by atoms with Gasteiger partial charge in [-0.2, -0.15) is 0 Å². The predicted octanol–water partition coefficient (Wildman–Crippen LogP) is 3.93. The molecule has 1 saturated heterocycles. The Kier molecular flexibility index (Phi) is 7.28. The van der Waals surface area contributed by atoms with Gasteiger partial charge in [-0.1, -0.05) is 29.3 Å². The van der Waals surface area contributed by atoms with Gasteiger partial charge in [0.1, 0.15) is 0 Å². The van der Waals surface area contributed by atoms with Crippen molar-refractivity contribution in [3.8, 4) is 0 Å². The summed E-state index contributed by atoms with van der Waals surface area (Å²) in [6.45, 7) is 3.76. The van der Waals surface area contributed by atoms with Gasteiger partial charge in [-0.25, -0.2) is 0 Å². The highest BCUT2D eigenvalue weighted by Crippen LogP contribution is 2.30. The van der Waals surface area contributed by atoms with Crippen molar-refractivity contribution in [1.29, 1.82) is 0 Å². The number of carbonyl (C=O) groups excluding carboxylic acids is 1. The molecule has 1 amide bonds. The second-order valence-corrected chi connectivity index (χ2v) is 6.18. The van der Waals surface area contributed by atoms with Crippen molar-refractivity contribution in [2.75, 3.05) is 20.1 Å². The summed E-state index contributed by atoms with van der Waals surface area (Å²) in [5.74, 6) is 0.248. The number of piperidine rings is 1. The molecule has 118 valence electrons. The van der Waals surface area contributed by atoms with Crippen LogP contribution in [0.25, 0.3) is 0 Å². The van der Waals surface area contributed by atoms with Gasteiger partial charge in [0.05, 0.1) is 12.0 Å². The topological polar surface area (TPSA) is 32.3 Å². The fraction of sp³-hybridized carbons (Fsp3) is 0.533. The zero-order valence-corrected chi connectivity index (χ0v) is 14.6. The minimum Gasteiger partial charge on any atom is -0.339 e. The van der Waals surface area contributed by atoms with E-state index in [-0.39, 0.29) is 30.3 Å². The Morgan fingerprint density at radius 3 is 2.71 bits per heavy atom. The quantitative estimate of drug-likeness (QED) is 0.894. The summed E-state index contributed by atoms with van der Waals surface area (Å²) in [5, 5.41) is 4.49. The SMILES string of the molecule is CC(c1ccc(Cl)cc1Cl)N(C)C(=O)C1CCCNC1.Cl. The van der Waals surface area contributed by atoms with Crippen LogP contribution in [-0.4, -0.2) is 30.9 Å². The van der Waals surface area contributed by atoms with Gasteiger partial charge >= 0.3 is 0 Å². The summed E-state index contributed by atoms with van der Waals surface area (Å²) in [4.78, 5) is 14.3. The molecule has 2 rings (SSSR count). The van der Waals surface area contributed by atoms with Gasteiger partial charge in [-0.05, 0) is 44.0 Å². The Hall–Kier alpha value is -0.480. The molecule has 6 heteroatoms. The van der Waals surface area contributed by atoms with Gasteiger partial charge in [0.15, 0.2) is 0 Å². The second-order valence-electron chi connectivity index (χ2n) is 5.33. The number of benzene rings is 1. The number of carbonyl (C=O) groups is 1. The van der Waals surface area contributed by atoms with Crippen LogP contribution < -0.4 is 5.32 Å². The molecule has 1 aliphatic rings. The zero-order valence-electron chi connectivity index (χ0n) is 12.2. The molecular formula is C15H21Cl3N2O. The van der Waals surface area contributed by atoms with Crippen molar-refractivity contribution >= 4 is 41.5 Å². The van der Waals surface area contributed by atoms with E-state index in [1.165, 1.54) is 0 Å². The van der Waals surface area contributed by atoms with Gasteiger partial charge in [-0.15, -0.1) is 12.4 Å². The number of rotatable bonds is 3. The molecule has 2 unspecified atom stereocenters. The van der Waals surface area contributed by atoms with Crippen molar-refractivity contribution in [2.24, 2.45) is 5.92 Å². The second kappa shape index (κ2) is 8.23. The minimum absolute atomic E-state index is 0. The molecule has 1 N–H and O–H groups in total. The molecule has 3 nitrogen and oxygen atoms in total. The summed E-state index contributed by atoms with van der Waals surface area (Å²) < 4.78 is 0. The first-order chi connectivity index (χ1) is 9.50. The number of halogens is 3.